The van der Waals surface area contributed by atoms with Crippen LogP contribution in [0.2, 0.25) is 0 Å². The molecule has 6 nitrogen and oxygen atoms in total. The molecule has 1 fully saturated rings. The number of likely N-dealkylation sites (tertiary alicyclic amines) is 1. The first-order valence-corrected chi connectivity index (χ1v) is 5.95. The minimum Gasteiger partial charge on any atom is -0.480 e. The van der Waals surface area contributed by atoms with Crippen LogP contribution in [-0.4, -0.2) is 47.2 Å². The fraction of sp³-hybridized carbons (Fsp3) is 0.818. The Morgan fingerprint density at radius 2 is 1.88 bits per heavy atom. The van der Waals surface area contributed by atoms with E-state index >= 15 is 0 Å². The summed E-state index contributed by atoms with van der Waals surface area (Å²) < 4.78 is 0. The van der Waals surface area contributed by atoms with Gasteiger partial charge in [-0.15, -0.1) is 0 Å². The maximum absolute atomic E-state index is 11.8. The lowest BCUT2D eigenvalue weighted by atomic mass is 10.0. The van der Waals surface area contributed by atoms with E-state index in [-0.39, 0.29) is 18.0 Å². The number of urea groups is 1. The Balaban J connectivity index is 2.50. The highest BCUT2D eigenvalue weighted by atomic mass is 16.4. The van der Waals surface area contributed by atoms with Crippen LogP contribution in [0, 0.1) is 5.92 Å². The highest BCUT2D eigenvalue weighted by Gasteiger charge is 2.27. The van der Waals surface area contributed by atoms with Crippen LogP contribution in [0.15, 0.2) is 0 Å². The predicted octanol–water partition coefficient (Wildman–Crippen LogP) is 0.228. The first-order chi connectivity index (χ1) is 7.91. The average Bonchev–Trinajstić information content (AvgIpc) is 2.25. The number of nitrogens with one attached hydrogen (secondary N) is 1. The van der Waals surface area contributed by atoms with Gasteiger partial charge in [0, 0.05) is 19.1 Å². The second-order valence-corrected chi connectivity index (χ2v) is 4.83. The van der Waals surface area contributed by atoms with E-state index in [9.17, 15) is 9.59 Å². The zero-order valence-electron chi connectivity index (χ0n) is 10.3. The van der Waals surface area contributed by atoms with Crippen molar-refractivity contribution in [2.75, 3.05) is 13.1 Å². The second kappa shape index (κ2) is 5.86. The molecule has 0 aromatic heterocycles. The number of piperidine rings is 1. The van der Waals surface area contributed by atoms with E-state index in [0.717, 1.165) is 12.8 Å². The van der Waals surface area contributed by atoms with Crippen molar-refractivity contribution in [2.24, 2.45) is 11.7 Å². The highest BCUT2D eigenvalue weighted by Crippen LogP contribution is 2.09. The topological polar surface area (TPSA) is 95.7 Å². The first kappa shape index (κ1) is 13.8. The summed E-state index contributed by atoms with van der Waals surface area (Å²) in [7, 11) is 0. The molecular weight excluding hydrogens is 222 g/mol. The zero-order chi connectivity index (χ0) is 13.0. The molecule has 6 heteroatoms. The number of carbonyl (C=O) groups excluding carboxylic acids is 1. The smallest absolute Gasteiger partial charge is 0.326 e. The molecule has 1 aliphatic heterocycles. The summed E-state index contributed by atoms with van der Waals surface area (Å²) in [6.45, 7) is 4.73. The molecule has 0 aromatic rings. The Morgan fingerprint density at radius 3 is 2.29 bits per heavy atom. The molecule has 0 saturated carbocycles. The minimum absolute atomic E-state index is 0.136. The predicted molar refractivity (Wildman–Crippen MR) is 63.6 cm³/mol. The Bertz CT molecular complexity index is 286. The normalized spacial score (nSPS) is 19.2. The number of hydrogen-bond acceptors (Lipinski definition) is 3. The molecule has 1 saturated heterocycles. The monoisotopic (exact) mass is 243 g/mol. The lowest BCUT2D eigenvalue weighted by Gasteiger charge is -2.31. The van der Waals surface area contributed by atoms with E-state index < -0.39 is 12.0 Å². The van der Waals surface area contributed by atoms with Crippen LogP contribution in [0.5, 0.6) is 0 Å². The van der Waals surface area contributed by atoms with Gasteiger partial charge in [0.1, 0.15) is 6.04 Å². The summed E-state index contributed by atoms with van der Waals surface area (Å²) in [4.78, 5) is 24.4. The molecule has 98 valence electrons. The minimum atomic E-state index is -0.998. The standard InChI is InChI=1S/C11H21N3O3/c1-7(2)9(10(15)16)13-11(17)14-5-3-8(12)4-6-14/h7-9H,3-6,12H2,1-2H3,(H,13,17)(H,15,16)/t9-/m0/s1. The summed E-state index contributed by atoms with van der Waals surface area (Å²) in [5.41, 5.74) is 5.74. The first-order valence-electron chi connectivity index (χ1n) is 5.95. The van der Waals surface area contributed by atoms with Crippen molar-refractivity contribution in [3.63, 3.8) is 0 Å². The number of hydrogen-bond donors (Lipinski definition) is 3. The Morgan fingerprint density at radius 1 is 1.35 bits per heavy atom. The van der Waals surface area contributed by atoms with E-state index in [0.29, 0.717) is 13.1 Å². The van der Waals surface area contributed by atoms with Crippen LogP contribution in [0.25, 0.3) is 0 Å². The molecule has 0 bridgehead atoms. The number of nitrogens with zero attached hydrogens (tertiary/aromatic N) is 1. The average molecular weight is 243 g/mol. The lowest BCUT2D eigenvalue weighted by molar-refractivity contribution is -0.140. The molecule has 1 atom stereocenters. The van der Waals surface area contributed by atoms with Gasteiger partial charge in [0.2, 0.25) is 0 Å². The molecule has 1 heterocycles. The summed E-state index contributed by atoms with van der Waals surface area (Å²) in [6.07, 6.45) is 1.54. The van der Waals surface area contributed by atoms with Crippen LogP contribution in [0.4, 0.5) is 4.79 Å². The van der Waals surface area contributed by atoms with Crippen molar-refractivity contribution in [3.05, 3.63) is 0 Å². The van der Waals surface area contributed by atoms with Crippen molar-refractivity contribution in [1.82, 2.24) is 10.2 Å². The number of carboxylic acid groups (broad SMARTS) is 1. The van der Waals surface area contributed by atoms with Gasteiger partial charge >= 0.3 is 12.0 Å². The van der Waals surface area contributed by atoms with Crippen LogP contribution in [0.1, 0.15) is 26.7 Å². The van der Waals surface area contributed by atoms with Crippen molar-refractivity contribution in [1.29, 1.82) is 0 Å². The van der Waals surface area contributed by atoms with Crippen LogP contribution < -0.4 is 11.1 Å². The van der Waals surface area contributed by atoms with Crippen molar-refractivity contribution in [3.8, 4) is 0 Å². The highest BCUT2D eigenvalue weighted by molar-refractivity contribution is 5.82. The van der Waals surface area contributed by atoms with Gasteiger partial charge < -0.3 is 21.1 Å². The second-order valence-electron chi connectivity index (χ2n) is 4.83. The molecule has 2 amide bonds. The lowest BCUT2D eigenvalue weighted by Crippen LogP contribution is -2.53. The molecule has 0 unspecified atom stereocenters. The van der Waals surface area contributed by atoms with Gasteiger partial charge in [-0.3, -0.25) is 0 Å². The summed E-state index contributed by atoms with van der Waals surface area (Å²) in [5.74, 6) is -1.13. The number of carboxylic acids is 1. The van der Waals surface area contributed by atoms with Gasteiger partial charge in [0.25, 0.3) is 0 Å². The third-order valence-electron chi connectivity index (χ3n) is 3.04. The van der Waals surface area contributed by atoms with Crippen molar-refractivity contribution in [2.45, 2.75) is 38.8 Å². The van der Waals surface area contributed by atoms with Crippen LogP contribution in [-0.2, 0) is 4.79 Å². The summed E-state index contributed by atoms with van der Waals surface area (Å²) in [6, 6.07) is -0.990. The fourth-order valence-corrected chi connectivity index (χ4v) is 1.84. The van der Waals surface area contributed by atoms with E-state index in [1.807, 2.05) is 0 Å². The largest absolute Gasteiger partial charge is 0.480 e. The van der Waals surface area contributed by atoms with E-state index in [1.165, 1.54) is 0 Å². The molecule has 1 rings (SSSR count). The van der Waals surface area contributed by atoms with Crippen LogP contribution >= 0.6 is 0 Å². The zero-order valence-corrected chi connectivity index (χ0v) is 10.3. The summed E-state index contributed by atoms with van der Waals surface area (Å²) >= 11 is 0. The van der Waals surface area contributed by atoms with Crippen LogP contribution in [0.3, 0.4) is 0 Å². The van der Waals surface area contributed by atoms with Gasteiger partial charge in [0.05, 0.1) is 0 Å². The van der Waals surface area contributed by atoms with Gasteiger partial charge in [-0.2, -0.15) is 0 Å². The van der Waals surface area contributed by atoms with Gasteiger partial charge in [0.15, 0.2) is 0 Å². The Labute approximate surface area is 101 Å². The molecule has 17 heavy (non-hydrogen) atoms. The Hall–Kier alpha value is -1.30. The SMILES string of the molecule is CC(C)[C@H](NC(=O)N1CCC(N)CC1)C(=O)O. The number of nitrogens with two attached hydrogens (primary N) is 1. The van der Waals surface area contributed by atoms with Gasteiger partial charge in [-0.1, -0.05) is 13.8 Å². The maximum atomic E-state index is 11.8. The summed E-state index contributed by atoms with van der Waals surface area (Å²) in [5, 5.41) is 11.5. The number of carbonyl (C=O) groups is 2. The Kier molecular flexibility index (Phi) is 4.74. The maximum Gasteiger partial charge on any atom is 0.326 e. The molecular formula is C11H21N3O3. The quantitative estimate of drug-likeness (QED) is 0.661. The molecule has 0 radical (unpaired) electrons. The van der Waals surface area contributed by atoms with E-state index in [2.05, 4.69) is 5.32 Å². The third kappa shape index (κ3) is 3.89. The molecule has 0 aromatic carbocycles. The van der Waals surface area contributed by atoms with Crippen molar-refractivity contribution < 1.29 is 14.7 Å². The van der Waals surface area contributed by atoms with Gasteiger partial charge in [-0.25, -0.2) is 9.59 Å². The van der Waals surface area contributed by atoms with E-state index in [1.54, 1.807) is 18.7 Å². The van der Waals surface area contributed by atoms with Gasteiger partial charge in [-0.05, 0) is 18.8 Å². The third-order valence-corrected chi connectivity index (χ3v) is 3.04. The van der Waals surface area contributed by atoms with Crippen molar-refractivity contribution >= 4 is 12.0 Å². The molecule has 0 aliphatic carbocycles. The molecule has 4 N–H and O–H groups in total. The fourth-order valence-electron chi connectivity index (χ4n) is 1.84. The number of rotatable bonds is 3. The molecule has 1 aliphatic rings. The number of amides is 2. The van der Waals surface area contributed by atoms with E-state index in [4.69, 9.17) is 10.8 Å². The molecule has 0 spiro atoms. The number of aliphatic carboxylic acids is 1.